The second-order valence-electron chi connectivity index (χ2n) is 5.52. The first-order valence-electron chi connectivity index (χ1n) is 7.48. The molecule has 4 nitrogen and oxygen atoms in total. The monoisotopic (exact) mass is 336 g/mol. The first-order valence-corrected chi connectivity index (χ1v) is 7.86. The Kier molecular flexibility index (Phi) is 3.47. The van der Waals surface area contributed by atoms with Crippen molar-refractivity contribution in [1.29, 1.82) is 0 Å². The molecule has 24 heavy (non-hydrogen) atoms. The fourth-order valence-electron chi connectivity index (χ4n) is 2.73. The number of fused-ring (bicyclic) bond motifs is 2. The van der Waals surface area contributed by atoms with Gasteiger partial charge in [-0.1, -0.05) is 41.9 Å². The number of nitrogens with one attached hydrogen (secondary N) is 1. The Hall–Kier alpha value is -2.85. The smallest absolute Gasteiger partial charge is 0.292 e. The normalized spacial score (nSPS) is 11.1. The van der Waals surface area contributed by atoms with Crippen molar-refractivity contribution >= 4 is 45.2 Å². The van der Waals surface area contributed by atoms with E-state index in [1.165, 1.54) is 0 Å². The van der Waals surface area contributed by atoms with Crippen LogP contribution in [0.15, 0.2) is 59.0 Å². The number of pyridine rings is 1. The fourth-order valence-corrected chi connectivity index (χ4v) is 2.95. The maximum atomic E-state index is 12.6. The zero-order valence-electron chi connectivity index (χ0n) is 12.8. The molecule has 0 fully saturated rings. The van der Waals surface area contributed by atoms with Crippen LogP contribution in [0.1, 0.15) is 16.1 Å². The highest BCUT2D eigenvalue weighted by molar-refractivity contribution is 6.35. The number of hydrogen-bond acceptors (Lipinski definition) is 3. The van der Waals surface area contributed by atoms with Crippen molar-refractivity contribution in [2.45, 2.75) is 6.92 Å². The Labute approximate surface area is 143 Å². The first-order chi connectivity index (χ1) is 11.6. The summed E-state index contributed by atoms with van der Waals surface area (Å²) in [5.41, 5.74) is 2.10. The van der Waals surface area contributed by atoms with E-state index in [1.54, 1.807) is 12.1 Å². The molecule has 0 radical (unpaired) electrons. The number of carbonyl (C=O) groups is 1. The molecule has 4 aromatic rings. The number of furan rings is 1. The minimum absolute atomic E-state index is 0.244. The van der Waals surface area contributed by atoms with Gasteiger partial charge in [0.15, 0.2) is 11.3 Å². The standard InChI is InChI=1S/C19H13ClN2O2/c1-11-13-6-4-7-14(20)18(13)24-17(11)19(23)22-16-10-9-12-5-2-3-8-15(12)21-16/h2-10H,1H3,(H,21,22,23). The van der Waals surface area contributed by atoms with Crippen LogP contribution in [0, 0.1) is 6.92 Å². The van der Waals surface area contributed by atoms with Crippen LogP contribution in [0.4, 0.5) is 5.82 Å². The summed E-state index contributed by atoms with van der Waals surface area (Å²) in [5, 5.41) is 5.12. The van der Waals surface area contributed by atoms with Crippen molar-refractivity contribution in [2.75, 3.05) is 5.32 Å². The Balaban J connectivity index is 1.70. The van der Waals surface area contributed by atoms with Gasteiger partial charge in [0, 0.05) is 16.3 Å². The lowest BCUT2D eigenvalue weighted by atomic mass is 10.1. The van der Waals surface area contributed by atoms with Gasteiger partial charge in [-0.05, 0) is 31.2 Å². The first kappa shape index (κ1) is 14.7. The molecule has 2 aromatic heterocycles. The molecule has 0 saturated carbocycles. The van der Waals surface area contributed by atoms with Crippen LogP contribution < -0.4 is 5.32 Å². The summed E-state index contributed by atoms with van der Waals surface area (Å²) in [6.45, 7) is 1.84. The van der Waals surface area contributed by atoms with E-state index in [0.29, 0.717) is 16.4 Å². The molecule has 0 aliphatic heterocycles. The zero-order chi connectivity index (χ0) is 16.7. The third-order valence-corrected chi connectivity index (χ3v) is 4.26. The van der Waals surface area contributed by atoms with Gasteiger partial charge in [-0.2, -0.15) is 0 Å². The number of halogens is 1. The predicted molar refractivity (Wildman–Crippen MR) is 95.7 cm³/mol. The number of rotatable bonds is 2. The van der Waals surface area contributed by atoms with Gasteiger partial charge in [0.05, 0.1) is 10.5 Å². The number of anilines is 1. The molecule has 1 N–H and O–H groups in total. The Bertz CT molecular complexity index is 1090. The van der Waals surface area contributed by atoms with E-state index in [-0.39, 0.29) is 11.7 Å². The zero-order valence-corrected chi connectivity index (χ0v) is 13.6. The number of para-hydroxylation sites is 2. The Morgan fingerprint density at radius 3 is 2.75 bits per heavy atom. The van der Waals surface area contributed by atoms with Crippen LogP contribution in [0.3, 0.4) is 0 Å². The number of benzene rings is 2. The molecule has 0 bridgehead atoms. The molecule has 0 unspecified atom stereocenters. The van der Waals surface area contributed by atoms with Crippen LogP contribution >= 0.6 is 11.6 Å². The number of carbonyl (C=O) groups excluding carboxylic acids is 1. The number of nitrogens with zero attached hydrogens (tertiary/aromatic N) is 1. The number of aromatic nitrogens is 1. The number of aryl methyl sites for hydroxylation is 1. The fraction of sp³-hybridized carbons (Fsp3) is 0.0526. The molecule has 118 valence electrons. The average Bonchev–Trinajstić information content (AvgIpc) is 2.93. The number of amides is 1. The number of hydrogen-bond donors (Lipinski definition) is 1. The molecule has 2 aromatic carbocycles. The molecule has 0 spiro atoms. The lowest BCUT2D eigenvalue weighted by molar-refractivity contribution is 0.0997. The maximum absolute atomic E-state index is 12.6. The van der Waals surface area contributed by atoms with Crippen molar-refractivity contribution < 1.29 is 9.21 Å². The van der Waals surface area contributed by atoms with E-state index in [9.17, 15) is 4.79 Å². The summed E-state index contributed by atoms with van der Waals surface area (Å²) < 4.78 is 5.68. The quantitative estimate of drug-likeness (QED) is 0.547. The lowest BCUT2D eigenvalue weighted by Crippen LogP contribution is -2.13. The summed E-state index contributed by atoms with van der Waals surface area (Å²) in [6, 6.07) is 16.9. The molecule has 0 saturated heterocycles. The van der Waals surface area contributed by atoms with Crippen LogP contribution in [0.5, 0.6) is 0 Å². The molecule has 4 rings (SSSR count). The van der Waals surface area contributed by atoms with Crippen molar-refractivity contribution in [3.8, 4) is 0 Å². The Morgan fingerprint density at radius 2 is 1.92 bits per heavy atom. The van der Waals surface area contributed by atoms with E-state index in [4.69, 9.17) is 16.0 Å². The van der Waals surface area contributed by atoms with Crippen molar-refractivity contribution in [2.24, 2.45) is 0 Å². The molecule has 0 aliphatic carbocycles. The second-order valence-corrected chi connectivity index (χ2v) is 5.92. The van der Waals surface area contributed by atoms with Gasteiger partial charge in [-0.25, -0.2) is 4.98 Å². The minimum Gasteiger partial charge on any atom is -0.449 e. The highest BCUT2D eigenvalue weighted by atomic mass is 35.5. The van der Waals surface area contributed by atoms with Gasteiger partial charge in [0.25, 0.3) is 5.91 Å². The Morgan fingerprint density at radius 1 is 1.08 bits per heavy atom. The van der Waals surface area contributed by atoms with E-state index in [0.717, 1.165) is 21.9 Å². The summed E-state index contributed by atoms with van der Waals surface area (Å²) in [4.78, 5) is 17.0. The molecule has 1 amide bonds. The topological polar surface area (TPSA) is 55.1 Å². The van der Waals surface area contributed by atoms with E-state index < -0.39 is 0 Å². The van der Waals surface area contributed by atoms with Gasteiger partial charge in [0.2, 0.25) is 0 Å². The van der Waals surface area contributed by atoms with Gasteiger partial charge in [-0.3, -0.25) is 4.79 Å². The van der Waals surface area contributed by atoms with Gasteiger partial charge in [-0.15, -0.1) is 0 Å². The van der Waals surface area contributed by atoms with Crippen LogP contribution in [-0.2, 0) is 0 Å². The van der Waals surface area contributed by atoms with E-state index in [1.807, 2.05) is 49.4 Å². The van der Waals surface area contributed by atoms with Crippen LogP contribution in [-0.4, -0.2) is 10.9 Å². The third kappa shape index (κ3) is 2.41. The van der Waals surface area contributed by atoms with Gasteiger partial charge in [0.1, 0.15) is 5.82 Å². The van der Waals surface area contributed by atoms with E-state index in [2.05, 4.69) is 10.3 Å². The SMILES string of the molecule is Cc1c(C(=O)Nc2ccc3ccccc3n2)oc2c(Cl)cccc12. The van der Waals surface area contributed by atoms with E-state index >= 15 is 0 Å². The van der Waals surface area contributed by atoms with Gasteiger partial charge < -0.3 is 9.73 Å². The summed E-state index contributed by atoms with van der Waals surface area (Å²) in [7, 11) is 0. The summed E-state index contributed by atoms with van der Waals surface area (Å²) in [6.07, 6.45) is 0. The van der Waals surface area contributed by atoms with Crippen molar-refractivity contribution in [3.05, 3.63) is 70.9 Å². The molecular weight excluding hydrogens is 324 g/mol. The van der Waals surface area contributed by atoms with Crippen molar-refractivity contribution in [3.63, 3.8) is 0 Å². The molecular formula is C19H13ClN2O2. The minimum atomic E-state index is -0.345. The van der Waals surface area contributed by atoms with Gasteiger partial charge >= 0.3 is 0 Å². The molecule has 0 aliphatic rings. The average molecular weight is 337 g/mol. The van der Waals surface area contributed by atoms with Crippen molar-refractivity contribution in [1.82, 2.24) is 4.98 Å². The molecule has 5 heteroatoms. The lowest BCUT2D eigenvalue weighted by Gasteiger charge is -2.04. The third-order valence-electron chi connectivity index (χ3n) is 3.96. The largest absolute Gasteiger partial charge is 0.449 e. The summed E-state index contributed by atoms with van der Waals surface area (Å²) in [5.74, 6) is 0.375. The second kappa shape index (κ2) is 5.65. The van der Waals surface area contributed by atoms with Crippen LogP contribution in [0.25, 0.3) is 21.9 Å². The highest BCUT2D eigenvalue weighted by Gasteiger charge is 2.19. The summed E-state index contributed by atoms with van der Waals surface area (Å²) >= 11 is 6.13. The predicted octanol–water partition coefficient (Wildman–Crippen LogP) is 5.20. The molecule has 2 heterocycles. The molecule has 0 atom stereocenters. The maximum Gasteiger partial charge on any atom is 0.292 e. The highest BCUT2D eigenvalue weighted by Crippen LogP contribution is 2.31. The van der Waals surface area contributed by atoms with Crippen LogP contribution in [0.2, 0.25) is 5.02 Å².